The van der Waals surface area contributed by atoms with Crippen LogP contribution in [0.5, 0.6) is 0 Å². The van der Waals surface area contributed by atoms with Gasteiger partial charge in [0.2, 0.25) is 5.91 Å². The molecule has 0 radical (unpaired) electrons. The Morgan fingerprint density at radius 1 is 1.22 bits per heavy atom. The Balaban J connectivity index is 0.00000242. The first-order chi connectivity index (χ1) is 10.3. The van der Waals surface area contributed by atoms with E-state index in [9.17, 15) is 4.79 Å². The number of ether oxygens (including phenoxy) is 1. The highest BCUT2D eigenvalue weighted by Crippen LogP contribution is 2.12. The Labute approximate surface area is 150 Å². The minimum atomic E-state index is -0.231. The van der Waals surface area contributed by atoms with E-state index in [4.69, 9.17) is 10.5 Å². The maximum Gasteiger partial charge on any atom is 0.221 e. The van der Waals surface area contributed by atoms with Gasteiger partial charge >= 0.3 is 0 Å². The quantitative estimate of drug-likeness (QED) is 0.724. The molecule has 0 bridgehead atoms. The van der Waals surface area contributed by atoms with Gasteiger partial charge in [0, 0.05) is 32.1 Å². The lowest BCUT2D eigenvalue weighted by atomic mass is 10.0. The summed E-state index contributed by atoms with van der Waals surface area (Å²) in [7, 11) is 0. The van der Waals surface area contributed by atoms with Crippen LogP contribution in [0.2, 0.25) is 0 Å². The zero-order chi connectivity index (χ0) is 14.9. The van der Waals surface area contributed by atoms with Gasteiger partial charge in [-0.15, -0.1) is 24.8 Å². The molecular formula is C16H27Cl2N3O2. The lowest BCUT2D eigenvalue weighted by Gasteiger charge is -2.26. The van der Waals surface area contributed by atoms with Gasteiger partial charge in [-0.05, 0) is 18.5 Å². The number of rotatable bonds is 7. The molecule has 1 heterocycles. The first kappa shape index (κ1) is 22.1. The van der Waals surface area contributed by atoms with Gasteiger partial charge < -0.3 is 15.8 Å². The van der Waals surface area contributed by atoms with Crippen molar-refractivity contribution in [2.75, 3.05) is 39.4 Å². The van der Waals surface area contributed by atoms with E-state index in [-0.39, 0.29) is 36.8 Å². The molecule has 1 amide bonds. The predicted molar refractivity (Wildman–Crippen MR) is 97.4 cm³/mol. The van der Waals surface area contributed by atoms with Gasteiger partial charge in [0.15, 0.2) is 0 Å². The molecule has 1 saturated heterocycles. The normalized spacial score (nSPS) is 15.9. The average Bonchev–Trinajstić information content (AvgIpc) is 2.53. The first-order valence-corrected chi connectivity index (χ1v) is 7.63. The summed E-state index contributed by atoms with van der Waals surface area (Å²) in [5.74, 6) is 0.0216. The summed E-state index contributed by atoms with van der Waals surface area (Å²) < 4.78 is 5.30. The van der Waals surface area contributed by atoms with Crippen molar-refractivity contribution in [2.24, 2.45) is 5.73 Å². The van der Waals surface area contributed by atoms with E-state index in [1.807, 2.05) is 30.3 Å². The second-order valence-electron chi connectivity index (χ2n) is 5.38. The molecule has 5 nitrogen and oxygen atoms in total. The standard InChI is InChI=1S/C16H25N3O2.2ClH/c17-15(14-5-2-1-3-6-14)13-16(20)18-7-4-8-19-9-11-21-12-10-19;;/h1-3,5-6,15H,4,7-13,17H2,(H,18,20);2*1H. The van der Waals surface area contributed by atoms with Crippen molar-refractivity contribution in [3.63, 3.8) is 0 Å². The highest BCUT2D eigenvalue weighted by atomic mass is 35.5. The molecule has 0 saturated carbocycles. The van der Waals surface area contributed by atoms with Crippen LogP contribution in [-0.2, 0) is 9.53 Å². The van der Waals surface area contributed by atoms with Gasteiger partial charge in [0.25, 0.3) is 0 Å². The molecule has 1 atom stereocenters. The van der Waals surface area contributed by atoms with E-state index in [0.717, 1.165) is 44.8 Å². The zero-order valence-electron chi connectivity index (χ0n) is 13.3. The average molecular weight is 364 g/mol. The molecule has 0 aromatic heterocycles. The van der Waals surface area contributed by atoms with Crippen molar-refractivity contribution in [3.8, 4) is 0 Å². The number of morpholine rings is 1. The van der Waals surface area contributed by atoms with Crippen molar-refractivity contribution in [1.82, 2.24) is 10.2 Å². The van der Waals surface area contributed by atoms with Crippen LogP contribution in [0.3, 0.4) is 0 Å². The molecule has 1 fully saturated rings. The Kier molecular flexibility index (Phi) is 12.1. The maximum absolute atomic E-state index is 11.9. The van der Waals surface area contributed by atoms with Crippen molar-refractivity contribution in [1.29, 1.82) is 0 Å². The fraction of sp³-hybridized carbons (Fsp3) is 0.562. The van der Waals surface area contributed by atoms with Crippen LogP contribution in [0.1, 0.15) is 24.4 Å². The number of carbonyl (C=O) groups is 1. The molecular weight excluding hydrogens is 337 g/mol. The van der Waals surface area contributed by atoms with Gasteiger partial charge in [-0.1, -0.05) is 30.3 Å². The molecule has 1 aromatic rings. The molecule has 0 spiro atoms. The number of halogens is 2. The van der Waals surface area contributed by atoms with Crippen LogP contribution >= 0.6 is 24.8 Å². The van der Waals surface area contributed by atoms with Crippen LogP contribution < -0.4 is 11.1 Å². The largest absolute Gasteiger partial charge is 0.379 e. The highest BCUT2D eigenvalue weighted by molar-refractivity contribution is 5.85. The smallest absolute Gasteiger partial charge is 0.221 e. The van der Waals surface area contributed by atoms with E-state index in [2.05, 4.69) is 10.2 Å². The maximum atomic E-state index is 11.9. The molecule has 2 rings (SSSR count). The lowest BCUT2D eigenvalue weighted by molar-refractivity contribution is -0.121. The van der Waals surface area contributed by atoms with Crippen molar-refractivity contribution in [2.45, 2.75) is 18.9 Å². The molecule has 1 unspecified atom stereocenters. The second-order valence-corrected chi connectivity index (χ2v) is 5.38. The van der Waals surface area contributed by atoms with E-state index >= 15 is 0 Å². The van der Waals surface area contributed by atoms with Crippen LogP contribution in [0.25, 0.3) is 0 Å². The summed E-state index contributed by atoms with van der Waals surface area (Å²) in [6.45, 7) is 5.34. The van der Waals surface area contributed by atoms with E-state index in [0.29, 0.717) is 13.0 Å². The number of nitrogens with one attached hydrogen (secondary N) is 1. The minimum Gasteiger partial charge on any atom is -0.379 e. The number of nitrogens with zero attached hydrogens (tertiary/aromatic N) is 1. The van der Waals surface area contributed by atoms with Gasteiger partial charge in [0.05, 0.1) is 13.2 Å². The number of hydrogen-bond donors (Lipinski definition) is 2. The summed E-state index contributed by atoms with van der Waals surface area (Å²) in [4.78, 5) is 14.2. The predicted octanol–water partition coefficient (Wildman–Crippen LogP) is 1.76. The van der Waals surface area contributed by atoms with Gasteiger partial charge in [-0.2, -0.15) is 0 Å². The fourth-order valence-electron chi connectivity index (χ4n) is 2.45. The SMILES string of the molecule is Cl.Cl.NC(CC(=O)NCCCN1CCOCC1)c1ccccc1. The summed E-state index contributed by atoms with van der Waals surface area (Å²) >= 11 is 0. The van der Waals surface area contributed by atoms with Crippen molar-refractivity contribution >= 4 is 30.7 Å². The van der Waals surface area contributed by atoms with E-state index < -0.39 is 0 Å². The molecule has 7 heteroatoms. The zero-order valence-corrected chi connectivity index (χ0v) is 14.9. The highest BCUT2D eigenvalue weighted by Gasteiger charge is 2.12. The third-order valence-corrected chi connectivity index (χ3v) is 3.71. The molecule has 23 heavy (non-hydrogen) atoms. The number of carbonyl (C=O) groups excluding carboxylic acids is 1. The van der Waals surface area contributed by atoms with Gasteiger partial charge in [0.1, 0.15) is 0 Å². The Bertz CT molecular complexity index is 429. The summed E-state index contributed by atoms with van der Waals surface area (Å²) in [5.41, 5.74) is 7.04. The number of nitrogens with two attached hydrogens (primary N) is 1. The molecule has 1 aliphatic heterocycles. The molecule has 1 aliphatic rings. The van der Waals surface area contributed by atoms with Crippen LogP contribution in [0.4, 0.5) is 0 Å². The minimum absolute atomic E-state index is 0. The number of amides is 1. The Morgan fingerprint density at radius 3 is 2.52 bits per heavy atom. The molecule has 1 aromatic carbocycles. The second kappa shape index (κ2) is 12.6. The van der Waals surface area contributed by atoms with Crippen molar-refractivity contribution in [3.05, 3.63) is 35.9 Å². The molecule has 132 valence electrons. The van der Waals surface area contributed by atoms with Gasteiger partial charge in [-0.25, -0.2) is 0 Å². The topological polar surface area (TPSA) is 67.6 Å². The third kappa shape index (κ3) is 8.53. The number of hydrogen-bond acceptors (Lipinski definition) is 4. The van der Waals surface area contributed by atoms with Crippen molar-refractivity contribution < 1.29 is 9.53 Å². The third-order valence-electron chi connectivity index (χ3n) is 3.71. The Hall–Kier alpha value is -0.850. The van der Waals surface area contributed by atoms with E-state index in [1.54, 1.807) is 0 Å². The monoisotopic (exact) mass is 363 g/mol. The fourth-order valence-corrected chi connectivity index (χ4v) is 2.45. The van der Waals surface area contributed by atoms with Crippen LogP contribution in [-0.4, -0.2) is 50.2 Å². The van der Waals surface area contributed by atoms with Crippen LogP contribution in [0, 0.1) is 0 Å². The summed E-state index contributed by atoms with van der Waals surface area (Å²) in [6.07, 6.45) is 1.30. The summed E-state index contributed by atoms with van der Waals surface area (Å²) in [5, 5.41) is 2.95. The van der Waals surface area contributed by atoms with Gasteiger partial charge in [-0.3, -0.25) is 9.69 Å². The summed E-state index contributed by atoms with van der Waals surface area (Å²) in [6, 6.07) is 9.50. The Morgan fingerprint density at radius 2 is 1.87 bits per heavy atom. The van der Waals surface area contributed by atoms with Crippen LogP contribution in [0.15, 0.2) is 30.3 Å². The number of benzene rings is 1. The lowest BCUT2D eigenvalue weighted by Crippen LogP contribution is -2.38. The van der Waals surface area contributed by atoms with E-state index in [1.165, 1.54) is 0 Å². The first-order valence-electron chi connectivity index (χ1n) is 7.63. The molecule has 3 N–H and O–H groups in total. The molecule has 0 aliphatic carbocycles.